The summed E-state index contributed by atoms with van der Waals surface area (Å²) >= 11 is 0. The molecule has 0 saturated carbocycles. The molecule has 0 aromatic heterocycles. The van der Waals surface area contributed by atoms with E-state index in [9.17, 15) is 4.79 Å². The van der Waals surface area contributed by atoms with Gasteiger partial charge >= 0.3 is 6.09 Å². The number of carbonyl (C=O) groups excluding carboxylic acids is 1. The molecule has 0 atom stereocenters. The van der Waals surface area contributed by atoms with Gasteiger partial charge < -0.3 is 4.74 Å². The first-order chi connectivity index (χ1) is 8.86. The lowest BCUT2D eigenvalue weighted by atomic mass is 10.2. The van der Waals surface area contributed by atoms with Gasteiger partial charge in [0.25, 0.3) is 0 Å². The van der Waals surface area contributed by atoms with E-state index >= 15 is 0 Å². The molecule has 0 saturated heterocycles. The number of hydrogen-bond donors (Lipinski definition) is 0. The van der Waals surface area contributed by atoms with Crippen molar-refractivity contribution in [2.75, 3.05) is 6.54 Å². The summed E-state index contributed by atoms with van der Waals surface area (Å²) in [5.74, 6) is 0. The molecule has 92 valence electrons. The van der Waals surface area contributed by atoms with Gasteiger partial charge in [0.2, 0.25) is 0 Å². The molecule has 2 rings (SSSR count). The highest BCUT2D eigenvalue weighted by Gasteiger charge is 2.10. The maximum Gasteiger partial charge on any atom is 0.414 e. The standard InChI is InChI=1S/C15H15NO2/c17-15(16-11-7-2-1-3-8-12-16)18-13-14-9-5-4-6-10-14/h1-11H,12-13H2/b2-1-,8-3-,11-7-. The quantitative estimate of drug-likeness (QED) is 0.795. The second-order valence-corrected chi connectivity index (χ2v) is 3.85. The van der Waals surface area contributed by atoms with E-state index in [4.69, 9.17) is 4.74 Å². The van der Waals surface area contributed by atoms with Gasteiger partial charge in [-0.25, -0.2) is 4.79 Å². The predicted octanol–water partition coefficient (Wildman–Crippen LogP) is 3.26. The van der Waals surface area contributed by atoms with E-state index in [1.165, 1.54) is 4.90 Å². The summed E-state index contributed by atoms with van der Waals surface area (Å²) in [7, 11) is 0. The summed E-state index contributed by atoms with van der Waals surface area (Å²) in [6, 6.07) is 9.64. The zero-order valence-electron chi connectivity index (χ0n) is 10.0. The van der Waals surface area contributed by atoms with E-state index in [1.54, 1.807) is 6.20 Å². The lowest BCUT2D eigenvalue weighted by Gasteiger charge is -2.16. The van der Waals surface area contributed by atoms with Crippen LogP contribution >= 0.6 is 0 Å². The Morgan fingerprint density at radius 2 is 1.89 bits per heavy atom. The monoisotopic (exact) mass is 241 g/mol. The molecule has 3 nitrogen and oxygen atoms in total. The molecule has 1 amide bonds. The van der Waals surface area contributed by atoms with Crippen molar-refractivity contribution in [3.63, 3.8) is 0 Å². The van der Waals surface area contributed by atoms with Gasteiger partial charge in [-0.3, -0.25) is 4.90 Å². The third-order valence-corrected chi connectivity index (χ3v) is 2.48. The van der Waals surface area contributed by atoms with E-state index in [2.05, 4.69) is 0 Å². The number of amides is 1. The highest BCUT2D eigenvalue weighted by molar-refractivity contribution is 5.69. The third-order valence-electron chi connectivity index (χ3n) is 2.48. The minimum atomic E-state index is -0.338. The second kappa shape index (κ2) is 6.45. The van der Waals surface area contributed by atoms with Crippen LogP contribution in [0.25, 0.3) is 0 Å². The van der Waals surface area contributed by atoms with E-state index < -0.39 is 0 Å². The van der Waals surface area contributed by atoms with Crippen LogP contribution < -0.4 is 0 Å². The van der Waals surface area contributed by atoms with Crippen LogP contribution in [0.4, 0.5) is 4.79 Å². The van der Waals surface area contributed by atoms with E-state index in [0.717, 1.165) is 5.56 Å². The van der Waals surface area contributed by atoms with Crippen LogP contribution in [0.15, 0.2) is 66.9 Å². The van der Waals surface area contributed by atoms with E-state index in [1.807, 2.05) is 60.7 Å². The Morgan fingerprint density at radius 3 is 2.72 bits per heavy atom. The molecule has 1 heterocycles. The van der Waals surface area contributed by atoms with Gasteiger partial charge in [0.1, 0.15) is 6.61 Å². The molecule has 3 heteroatoms. The fourth-order valence-corrected chi connectivity index (χ4v) is 1.53. The van der Waals surface area contributed by atoms with Crippen LogP contribution in [0.5, 0.6) is 0 Å². The zero-order valence-corrected chi connectivity index (χ0v) is 10.0. The third kappa shape index (κ3) is 3.63. The Labute approximate surface area is 107 Å². The predicted molar refractivity (Wildman–Crippen MR) is 70.8 cm³/mol. The lowest BCUT2D eigenvalue weighted by Crippen LogP contribution is -2.26. The van der Waals surface area contributed by atoms with E-state index in [0.29, 0.717) is 13.2 Å². The average Bonchev–Trinajstić information content (AvgIpc) is 2.37. The minimum absolute atomic E-state index is 0.295. The Bertz CT molecular complexity index is 475. The summed E-state index contributed by atoms with van der Waals surface area (Å²) in [5, 5.41) is 0. The highest BCUT2D eigenvalue weighted by Crippen LogP contribution is 2.05. The smallest absolute Gasteiger partial charge is 0.414 e. The summed E-state index contributed by atoms with van der Waals surface area (Å²) < 4.78 is 5.24. The molecular formula is C15H15NO2. The summed E-state index contributed by atoms with van der Waals surface area (Å²) in [4.78, 5) is 13.4. The van der Waals surface area contributed by atoms with Gasteiger partial charge in [0.15, 0.2) is 0 Å². The van der Waals surface area contributed by atoms with Crippen molar-refractivity contribution < 1.29 is 9.53 Å². The molecule has 0 spiro atoms. The van der Waals surface area contributed by atoms with Crippen LogP contribution in [0.3, 0.4) is 0 Å². The maximum atomic E-state index is 11.8. The topological polar surface area (TPSA) is 29.5 Å². The van der Waals surface area contributed by atoms with Crippen LogP contribution in [-0.2, 0) is 11.3 Å². The van der Waals surface area contributed by atoms with Crippen LogP contribution in [0.1, 0.15) is 5.56 Å². The number of benzene rings is 1. The largest absolute Gasteiger partial charge is 0.444 e. The van der Waals surface area contributed by atoms with Crippen LogP contribution in [0, 0.1) is 0 Å². The molecule has 0 unspecified atom stereocenters. The van der Waals surface area contributed by atoms with Crippen molar-refractivity contribution >= 4 is 6.09 Å². The number of allylic oxidation sites excluding steroid dienone is 4. The van der Waals surface area contributed by atoms with Gasteiger partial charge in [-0.1, -0.05) is 54.6 Å². The Kier molecular flexibility index (Phi) is 4.36. The van der Waals surface area contributed by atoms with Crippen molar-refractivity contribution in [2.45, 2.75) is 6.61 Å². The fraction of sp³-hybridized carbons (Fsp3) is 0.133. The average molecular weight is 241 g/mol. The maximum absolute atomic E-state index is 11.8. The normalized spacial score (nSPS) is 19.4. The molecule has 1 aliphatic heterocycles. The van der Waals surface area contributed by atoms with Gasteiger partial charge in [0.05, 0.1) is 0 Å². The number of nitrogens with zero attached hydrogens (tertiary/aromatic N) is 1. The van der Waals surface area contributed by atoms with Crippen molar-refractivity contribution in [3.8, 4) is 0 Å². The van der Waals surface area contributed by atoms with Crippen molar-refractivity contribution in [1.82, 2.24) is 4.90 Å². The number of carbonyl (C=O) groups is 1. The zero-order chi connectivity index (χ0) is 12.6. The van der Waals surface area contributed by atoms with Crippen molar-refractivity contribution in [1.29, 1.82) is 0 Å². The van der Waals surface area contributed by atoms with E-state index in [-0.39, 0.29) is 6.09 Å². The molecule has 18 heavy (non-hydrogen) atoms. The SMILES string of the molecule is O=C(OCc1ccccc1)N1\C=C/C=C\C=C/C1. The number of ether oxygens (including phenoxy) is 1. The Morgan fingerprint density at radius 1 is 1.11 bits per heavy atom. The summed E-state index contributed by atoms with van der Waals surface area (Å²) in [6.07, 6.45) is 10.8. The molecule has 0 radical (unpaired) electrons. The second-order valence-electron chi connectivity index (χ2n) is 3.85. The highest BCUT2D eigenvalue weighted by atomic mass is 16.6. The first-order valence-corrected chi connectivity index (χ1v) is 5.83. The Hall–Kier alpha value is -2.29. The van der Waals surface area contributed by atoms with Gasteiger partial charge in [-0.15, -0.1) is 0 Å². The first kappa shape index (κ1) is 12.2. The molecule has 0 fully saturated rings. The minimum Gasteiger partial charge on any atom is -0.444 e. The lowest BCUT2D eigenvalue weighted by molar-refractivity contribution is 0.113. The van der Waals surface area contributed by atoms with Gasteiger partial charge in [-0.05, 0) is 11.6 Å². The summed E-state index contributed by atoms with van der Waals surface area (Å²) in [6.45, 7) is 0.817. The van der Waals surface area contributed by atoms with Crippen LogP contribution in [-0.4, -0.2) is 17.5 Å². The van der Waals surface area contributed by atoms with Gasteiger partial charge in [0, 0.05) is 12.7 Å². The van der Waals surface area contributed by atoms with Crippen molar-refractivity contribution in [3.05, 3.63) is 72.5 Å². The number of rotatable bonds is 2. The molecule has 0 bridgehead atoms. The molecule has 0 aliphatic carbocycles. The van der Waals surface area contributed by atoms with Gasteiger partial charge in [-0.2, -0.15) is 0 Å². The molecule has 1 aliphatic rings. The van der Waals surface area contributed by atoms with Crippen LogP contribution in [0.2, 0.25) is 0 Å². The molecule has 1 aromatic carbocycles. The Balaban J connectivity index is 1.90. The van der Waals surface area contributed by atoms with Crippen molar-refractivity contribution in [2.24, 2.45) is 0 Å². The first-order valence-electron chi connectivity index (χ1n) is 5.83. The number of hydrogen-bond acceptors (Lipinski definition) is 2. The molecular weight excluding hydrogens is 226 g/mol. The molecule has 1 aromatic rings. The fourth-order valence-electron chi connectivity index (χ4n) is 1.53. The molecule has 0 N–H and O–H groups in total. The summed E-state index contributed by atoms with van der Waals surface area (Å²) in [5.41, 5.74) is 0.984.